The van der Waals surface area contributed by atoms with Crippen molar-refractivity contribution in [2.24, 2.45) is 5.92 Å². The van der Waals surface area contributed by atoms with E-state index >= 15 is 0 Å². The van der Waals surface area contributed by atoms with Crippen LogP contribution in [-0.2, 0) is 9.53 Å². The lowest BCUT2D eigenvalue weighted by molar-refractivity contribution is -0.133. The fraction of sp³-hybridized carbons (Fsp3) is 0.667. The zero-order valence-electron chi connectivity index (χ0n) is 10.7. The zero-order chi connectivity index (χ0) is 13.3. The lowest BCUT2D eigenvalue weighted by Crippen LogP contribution is -2.28. The molecule has 98 valence electrons. The molecule has 0 radical (unpaired) electrons. The standard InChI is InChI=1S/C12H21NO4/c1-4-5-8-17-12(16)13-10(11(14)15)7-6-9(2)3/h7,9H,4-6,8H2,1-3H3,(H,13,16)(H,14,15)/b10-7-. The summed E-state index contributed by atoms with van der Waals surface area (Å²) in [6.45, 7) is 6.22. The number of ether oxygens (including phenoxy) is 1. The average molecular weight is 243 g/mol. The van der Waals surface area contributed by atoms with E-state index in [-0.39, 0.29) is 5.70 Å². The van der Waals surface area contributed by atoms with Gasteiger partial charge in [-0.15, -0.1) is 0 Å². The van der Waals surface area contributed by atoms with Gasteiger partial charge >= 0.3 is 12.1 Å². The maximum atomic E-state index is 11.2. The molecular weight excluding hydrogens is 222 g/mol. The highest BCUT2D eigenvalue weighted by molar-refractivity contribution is 5.90. The van der Waals surface area contributed by atoms with Gasteiger partial charge in [0, 0.05) is 0 Å². The summed E-state index contributed by atoms with van der Waals surface area (Å²) in [5, 5.41) is 11.1. The molecule has 5 heteroatoms. The Morgan fingerprint density at radius 3 is 2.53 bits per heavy atom. The number of aliphatic carboxylic acids is 1. The normalized spacial score (nSPS) is 11.4. The van der Waals surface area contributed by atoms with E-state index in [0.717, 1.165) is 12.8 Å². The number of carboxylic acids is 1. The number of allylic oxidation sites excluding steroid dienone is 1. The van der Waals surface area contributed by atoms with Crippen LogP contribution in [0.15, 0.2) is 11.8 Å². The van der Waals surface area contributed by atoms with Crippen molar-refractivity contribution in [1.82, 2.24) is 5.32 Å². The topological polar surface area (TPSA) is 75.6 Å². The summed E-state index contributed by atoms with van der Waals surface area (Å²) >= 11 is 0. The summed E-state index contributed by atoms with van der Waals surface area (Å²) in [7, 11) is 0. The van der Waals surface area contributed by atoms with E-state index in [1.807, 2.05) is 20.8 Å². The number of amides is 1. The second kappa shape index (κ2) is 8.61. The quantitative estimate of drug-likeness (QED) is 0.532. The Hall–Kier alpha value is -1.52. The van der Waals surface area contributed by atoms with Crippen LogP contribution >= 0.6 is 0 Å². The van der Waals surface area contributed by atoms with Crippen molar-refractivity contribution in [3.63, 3.8) is 0 Å². The van der Waals surface area contributed by atoms with Crippen molar-refractivity contribution in [3.8, 4) is 0 Å². The summed E-state index contributed by atoms with van der Waals surface area (Å²) in [5.74, 6) is -0.819. The minimum absolute atomic E-state index is 0.125. The second-order valence-electron chi connectivity index (χ2n) is 4.17. The van der Waals surface area contributed by atoms with E-state index in [1.54, 1.807) is 0 Å². The molecule has 0 aliphatic heterocycles. The molecule has 0 atom stereocenters. The maximum absolute atomic E-state index is 11.2. The molecule has 1 amide bonds. The third-order valence-corrected chi connectivity index (χ3v) is 1.99. The molecule has 0 heterocycles. The van der Waals surface area contributed by atoms with Crippen LogP contribution in [0.25, 0.3) is 0 Å². The van der Waals surface area contributed by atoms with E-state index in [4.69, 9.17) is 9.84 Å². The fourth-order valence-corrected chi connectivity index (χ4v) is 1.00. The Bertz CT molecular complexity index is 284. The molecule has 0 aromatic carbocycles. The highest BCUT2D eigenvalue weighted by Gasteiger charge is 2.12. The number of hydrogen-bond donors (Lipinski definition) is 2. The summed E-state index contributed by atoms with van der Waals surface area (Å²) in [5.41, 5.74) is -0.125. The second-order valence-corrected chi connectivity index (χ2v) is 4.17. The molecule has 0 fully saturated rings. The van der Waals surface area contributed by atoms with Crippen molar-refractivity contribution < 1.29 is 19.4 Å². The monoisotopic (exact) mass is 243 g/mol. The summed E-state index contributed by atoms with van der Waals surface area (Å²) in [4.78, 5) is 22.1. The average Bonchev–Trinajstić information content (AvgIpc) is 2.23. The molecule has 0 aliphatic rings. The van der Waals surface area contributed by atoms with Gasteiger partial charge in [-0.1, -0.05) is 33.3 Å². The lowest BCUT2D eigenvalue weighted by atomic mass is 10.1. The molecule has 0 saturated heterocycles. The zero-order valence-corrected chi connectivity index (χ0v) is 10.7. The van der Waals surface area contributed by atoms with Crippen molar-refractivity contribution in [3.05, 3.63) is 11.8 Å². The molecule has 0 bridgehead atoms. The number of rotatable bonds is 7. The lowest BCUT2D eigenvalue weighted by Gasteiger charge is -2.07. The van der Waals surface area contributed by atoms with Crippen molar-refractivity contribution in [2.75, 3.05) is 6.61 Å². The Morgan fingerprint density at radius 1 is 1.41 bits per heavy atom. The van der Waals surface area contributed by atoms with Gasteiger partial charge in [0.2, 0.25) is 0 Å². The fourth-order valence-electron chi connectivity index (χ4n) is 1.00. The highest BCUT2D eigenvalue weighted by atomic mass is 16.5. The molecule has 0 aromatic rings. The first-order valence-corrected chi connectivity index (χ1v) is 5.84. The first kappa shape index (κ1) is 15.5. The smallest absolute Gasteiger partial charge is 0.411 e. The SMILES string of the molecule is CCCCOC(=O)N/C(=C\CC(C)C)C(=O)O. The number of carbonyl (C=O) groups excluding carboxylic acids is 1. The van der Waals surface area contributed by atoms with Gasteiger partial charge in [-0.05, 0) is 18.8 Å². The molecule has 2 N–H and O–H groups in total. The van der Waals surface area contributed by atoms with Gasteiger partial charge in [0.05, 0.1) is 6.61 Å². The largest absolute Gasteiger partial charge is 0.477 e. The molecule has 0 rings (SSSR count). The highest BCUT2D eigenvalue weighted by Crippen LogP contribution is 2.03. The van der Waals surface area contributed by atoms with Crippen LogP contribution in [0.3, 0.4) is 0 Å². The van der Waals surface area contributed by atoms with E-state index in [2.05, 4.69) is 5.32 Å². The number of hydrogen-bond acceptors (Lipinski definition) is 3. The molecule has 0 spiro atoms. The number of unbranched alkanes of at least 4 members (excludes halogenated alkanes) is 1. The van der Waals surface area contributed by atoms with Gasteiger partial charge < -0.3 is 9.84 Å². The van der Waals surface area contributed by atoms with E-state index in [9.17, 15) is 9.59 Å². The van der Waals surface area contributed by atoms with Crippen LogP contribution in [0.1, 0.15) is 40.0 Å². The molecule has 0 saturated carbocycles. The predicted molar refractivity (Wildman–Crippen MR) is 64.6 cm³/mol. The Kier molecular flexibility index (Phi) is 7.84. The molecule has 5 nitrogen and oxygen atoms in total. The molecule has 17 heavy (non-hydrogen) atoms. The third-order valence-electron chi connectivity index (χ3n) is 1.99. The van der Waals surface area contributed by atoms with Crippen LogP contribution < -0.4 is 5.32 Å². The molecular formula is C12H21NO4. The van der Waals surface area contributed by atoms with Gasteiger partial charge in [0.1, 0.15) is 5.70 Å². The van der Waals surface area contributed by atoms with Crippen molar-refractivity contribution in [1.29, 1.82) is 0 Å². The van der Waals surface area contributed by atoms with Crippen molar-refractivity contribution >= 4 is 12.1 Å². The summed E-state index contributed by atoms with van der Waals surface area (Å²) in [6.07, 6.45) is 3.06. The van der Waals surface area contributed by atoms with E-state index in [1.165, 1.54) is 6.08 Å². The first-order valence-electron chi connectivity index (χ1n) is 5.84. The Labute approximate surface area is 102 Å². The van der Waals surface area contributed by atoms with E-state index in [0.29, 0.717) is 18.9 Å². The van der Waals surface area contributed by atoms with Crippen molar-refractivity contribution in [2.45, 2.75) is 40.0 Å². The van der Waals surface area contributed by atoms with Crippen LogP contribution in [-0.4, -0.2) is 23.8 Å². The maximum Gasteiger partial charge on any atom is 0.411 e. The molecule has 0 aliphatic carbocycles. The van der Waals surface area contributed by atoms with Gasteiger partial charge in [-0.2, -0.15) is 0 Å². The van der Waals surface area contributed by atoms with Crippen LogP contribution in [0.4, 0.5) is 4.79 Å². The molecule has 0 aromatic heterocycles. The number of carbonyl (C=O) groups is 2. The minimum atomic E-state index is -1.15. The number of carboxylic acid groups (broad SMARTS) is 1. The molecule has 0 unspecified atom stereocenters. The Morgan fingerprint density at radius 2 is 2.06 bits per heavy atom. The summed E-state index contributed by atoms with van der Waals surface area (Å²) < 4.78 is 4.82. The minimum Gasteiger partial charge on any atom is -0.477 e. The van der Waals surface area contributed by atoms with E-state index < -0.39 is 12.1 Å². The van der Waals surface area contributed by atoms with Gasteiger partial charge in [0.25, 0.3) is 0 Å². The van der Waals surface area contributed by atoms with Crippen LogP contribution in [0.2, 0.25) is 0 Å². The van der Waals surface area contributed by atoms with Gasteiger partial charge in [0.15, 0.2) is 0 Å². The number of alkyl carbamates (subject to hydrolysis) is 1. The van der Waals surface area contributed by atoms with Gasteiger partial charge in [-0.25, -0.2) is 9.59 Å². The Balaban J connectivity index is 4.21. The predicted octanol–water partition coefficient (Wildman–Crippen LogP) is 2.53. The summed E-state index contributed by atoms with van der Waals surface area (Å²) in [6, 6.07) is 0. The number of nitrogens with one attached hydrogen (secondary N) is 1. The van der Waals surface area contributed by atoms with Crippen LogP contribution in [0.5, 0.6) is 0 Å². The van der Waals surface area contributed by atoms with Gasteiger partial charge in [-0.3, -0.25) is 5.32 Å². The third kappa shape index (κ3) is 8.30. The van der Waals surface area contributed by atoms with Crippen LogP contribution in [0, 0.1) is 5.92 Å². The first-order chi connectivity index (χ1) is 7.97.